The molecule has 0 fully saturated rings. The minimum Gasteiger partial charge on any atom is -0.398 e. The van der Waals surface area contributed by atoms with E-state index in [1.807, 2.05) is 11.3 Å². The number of nitrogen functional groups attached to an aromatic ring is 1. The van der Waals surface area contributed by atoms with Crippen LogP contribution in [0.5, 0.6) is 0 Å². The SMILES string of the molecule is Cc1cc(N2CCc3sc(Br)cc3C2)cc(C)c1N. The quantitative estimate of drug-likeness (QED) is 0.788. The van der Waals surface area contributed by atoms with Crippen LogP contribution in [0.1, 0.15) is 21.6 Å². The smallest absolute Gasteiger partial charge is 0.0704 e. The van der Waals surface area contributed by atoms with Crippen LogP contribution in [-0.4, -0.2) is 6.54 Å². The monoisotopic (exact) mass is 336 g/mol. The predicted octanol–water partition coefficient (Wildman–Crippen LogP) is 4.27. The number of rotatable bonds is 1. The van der Waals surface area contributed by atoms with Gasteiger partial charge in [-0.15, -0.1) is 11.3 Å². The fraction of sp³-hybridized carbons (Fsp3) is 0.333. The molecule has 2 nitrogen and oxygen atoms in total. The van der Waals surface area contributed by atoms with Crippen LogP contribution in [0.4, 0.5) is 11.4 Å². The number of thiophene rings is 1. The maximum Gasteiger partial charge on any atom is 0.0704 e. The first-order valence-electron chi connectivity index (χ1n) is 6.43. The van der Waals surface area contributed by atoms with Crippen molar-refractivity contribution in [2.24, 2.45) is 0 Å². The second kappa shape index (κ2) is 4.84. The lowest BCUT2D eigenvalue weighted by molar-refractivity contribution is 0.743. The highest BCUT2D eigenvalue weighted by atomic mass is 79.9. The molecule has 0 atom stereocenters. The van der Waals surface area contributed by atoms with Crippen molar-refractivity contribution in [3.8, 4) is 0 Å². The highest BCUT2D eigenvalue weighted by Crippen LogP contribution is 2.34. The van der Waals surface area contributed by atoms with Crippen molar-refractivity contribution < 1.29 is 0 Å². The van der Waals surface area contributed by atoms with Crippen LogP contribution in [-0.2, 0) is 13.0 Å². The zero-order valence-corrected chi connectivity index (χ0v) is 13.6. The van der Waals surface area contributed by atoms with Crippen LogP contribution in [0.3, 0.4) is 0 Å². The number of halogens is 1. The molecule has 1 aliphatic heterocycles. The van der Waals surface area contributed by atoms with Gasteiger partial charge in [0.25, 0.3) is 0 Å². The van der Waals surface area contributed by atoms with E-state index in [2.05, 4.69) is 52.9 Å². The number of anilines is 2. The van der Waals surface area contributed by atoms with Crippen molar-refractivity contribution in [1.29, 1.82) is 0 Å². The second-order valence-electron chi connectivity index (χ2n) is 5.16. The van der Waals surface area contributed by atoms with Gasteiger partial charge in [-0.05, 0) is 71.1 Å². The molecule has 0 bridgehead atoms. The fourth-order valence-corrected chi connectivity index (χ4v) is 4.40. The van der Waals surface area contributed by atoms with Crippen LogP contribution in [0.2, 0.25) is 0 Å². The number of fused-ring (bicyclic) bond motifs is 1. The molecule has 0 radical (unpaired) electrons. The lowest BCUT2D eigenvalue weighted by Gasteiger charge is -2.30. The highest BCUT2D eigenvalue weighted by molar-refractivity contribution is 9.11. The van der Waals surface area contributed by atoms with E-state index >= 15 is 0 Å². The molecule has 0 amide bonds. The van der Waals surface area contributed by atoms with E-state index in [1.165, 1.54) is 31.0 Å². The number of hydrogen-bond acceptors (Lipinski definition) is 3. The van der Waals surface area contributed by atoms with Crippen LogP contribution in [0.15, 0.2) is 22.0 Å². The van der Waals surface area contributed by atoms with E-state index in [1.54, 1.807) is 0 Å². The Balaban J connectivity index is 1.92. The number of hydrogen-bond donors (Lipinski definition) is 1. The summed E-state index contributed by atoms with van der Waals surface area (Å²) in [4.78, 5) is 3.97. The largest absolute Gasteiger partial charge is 0.398 e. The van der Waals surface area contributed by atoms with E-state index in [0.29, 0.717) is 0 Å². The van der Waals surface area contributed by atoms with E-state index in [-0.39, 0.29) is 0 Å². The van der Waals surface area contributed by atoms with Gasteiger partial charge in [0.1, 0.15) is 0 Å². The molecular formula is C15H17BrN2S. The van der Waals surface area contributed by atoms with Gasteiger partial charge in [-0.3, -0.25) is 0 Å². The van der Waals surface area contributed by atoms with Gasteiger partial charge >= 0.3 is 0 Å². The molecule has 19 heavy (non-hydrogen) atoms. The highest BCUT2D eigenvalue weighted by Gasteiger charge is 2.19. The minimum atomic E-state index is 0.916. The Hall–Kier alpha value is -1.00. The molecule has 100 valence electrons. The van der Waals surface area contributed by atoms with Crippen molar-refractivity contribution in [3.63, 3.8) is 0 Å². The van der Waals surface area contributed by atoms with Gasteiger partial charge in [0.15, 0.2) is 0 Å². The van der Waals surface area contributed by atoms with Gasteiger partial charge < -0.3 is 10.6 Å². The Morgan fingerprint density at radius 1 is 1.21 bits per heavy atom. The average molecular weight is 337 g/mol. The Bertz CT molecular complexity index is 610. The molecule has 0 aliphatic carbocycles. The summed E-state index contributed by atoms with van der Waals surface area (Å²) in [6.07, 6.45) is 1.13. The second-order valence-corrected chi connectivity index (χ2v) is 7.68. The summed E-state index contributed by atoms with van der Waals surface area (Å²) in [6, 6.07) is 6.66. The first kappa shape index (κ1) is 13.0. The zero-order valence-electron chi connectivity index (χ0n) is 11.2. The van der Waals surface area contributed by atoms with Crippen molar-refractivity contribution in [2.75, 3.05) is 17.2 Å². The number of nitrogens with two attached hydrogens (primary N) is 1. The first-order chi connectivity index (χ1) is 9.04. The van der Waals surface area contributed by atoms with E-state index < -0.39 is 0 Å². The third-order valence-electron chi connectivity index (χ3n) is 3.78. The molecular weight excluding hydrogens is 320 g/mol. The molecule has 2 heterocycles. The number of benzene rings is 1. The minimum absolute atomic E-state index is 0.916. The van der Waals surface area contributed by atoms with Gasteiger partial charge in [0, 0.05) is 29.3 Å². The van der Waals surface area contributed by atoms with E-state index in [0.717, 1.165) is 25.2 Å². The third kappa shape index (κ3) is 2.39. The Kier molecular flexibility index (Phi) is 3.31. The normalized spacial score (nSPS) is 14.6. The first-order valence-corrected chi connectivity index (χ1v) is 8.04. The molecule has 1 aromatic heterocycles. The number of nitrogens with zero attached hydrogens (tertiary/aromatic N) is 1. The van der Waals surface area contributed by atoms with Crippen LogP contribution < -0.4 is 10.6 Å². The number of aryl methyl sites for hydroxylation is 2. The summed E-state index contributed by atoms with van der Waals surface area (Å²) in [5.74, 6) is 0. The summed E-state index contributed by atoms with van der Waals surface area (Å²) in [6.45, 7) is 6.26. The fourth-order valence-electron chi connectivity index (χ4n) is 2.65. The van der Waals surface area contributed by atoms with Crippen molar-refractivity contribution in [2.45, 2.75) is 26.8 Å². The standard InChI is InChI=1S/C15H17BrN2S/c1-9-5-12(6-10(2)15(9)17)18-4-3-13-11(8-18)7-14(16)19-13/h5-7H,3-4,8,17H2,1-2H3. The molecule has 1 aliphatic rings. The van der Waals surface area contributed by atoms with Crippen molar-refractivity contribution >= 4 is 38.6 Å². The molecule has 3 rings (SSSR count). The van der Waals surface area contributed by atoms with Gasteiger partial charge in [-0.2, -0.15) is 0 Å². The van der Waals surface area contributed by atoms with Gasteiger partial charge in [-0.25, -0.2) is 0 Å². The maximum atomic E-state index is 6.04. The molecule has 0 spiro atoms. The molecule has 2 N–H and O–H groups in total. The Labute approximate surface area is 126 Å². The summed E-state index contributed by atoms with van der Waals surface area (Å²) in [7, 11) is 0. The average Bonchev–Trinajstić information content (AvgIpc) is 2.74. The zero-order chi connectivity index (χ0) is 13.6. The summed E-state index contributed by atoms with van der Waals surface area (Å²) >= 11 is 5.45. The van der Waals surface area contributed by atoms with Crippen LogP contribution in [0.25, 0.3) is 0 Å². The van der Waals surface area contributed by atoms with Gasteiger partial charge in [-0.1, -0.05) is 0 Å². The Morgan fingerprint density at radius 3 is 2.58 bits per heavy atom. The Morgan fingerprint density at radius 2 is 1.89 bits per heavy atom. The topological polar surface area (TPSA) is 29.3 Å². The molecule has 2 aromatic rings. The molecule has 0 unspecified atom stereocenters. The van der Waals surface area contributed by atoms with Crippen molar-refractivity contribution in [3.05, 3.63) is 43.6 Å². The molecule has 4 heteroatoms. The summed E-state index contributed by atoms with van der Waals surface area (Å²) < 4.78 is 1.24. The lowest BCUT2D eigenvalue weighted by atomic mass is 10.0. The van der Waals surface area contributed by atoms with Gasteiger partial charge in [0.2, 0.25) is 0 Å². The summed E-state index contributed by atoms with van der Waals surface area (Å²) in [5.41, 5.74) is 12.0. The van der Waals surface area contributed by atoms with Crippen LogP contribution >= 0.6 is 27.3 Å². The van der Waals surface area contributed by atoms with Crippen molar-refractivity contribution in [1.82, 2.24) is 0 Å². The molecule has 0 saturated heterocycles. The van der Waals surface area contributed by atoms with Crippen LogP contribution in [0, 0.1) is 13.8 Å². The van der Waals surface area contributed by atoms with E-state index in [4.69, 9.17) is 5.73 Å². The third-order valence-corrected chi connectivity index (χ3v) is 5.52. The maximum absolute atomic E-state index is 6.04. The lowest BCUT2D eigenvalue weighted by Crippen LogP contribution is -2.29. The predicted molar refractivity (Wildman–Crippen MR) is 87.1 cm³/mol. The molecule has 1 aromatic carbocycles. The summed E-state index contributed by atoms with van der Waals surface area (Å²) in [5, 5.41) is 0. The van der Waals surface area contributed by atoms with Gasteiger partial charge in [0.05, 0.1) is 3.79 Å². The molecule has 0 saturated carbocycles. The van der Waals surface area contributed by atoms with E-state index in [9.17, 15) is 0 Å².